The number of hydrogen-bond acceptors (Lipinski definition) is 4. The molecule has 0 aliphatic carbocycles. The van der Waals surface area contributed by atoms with Gasteiger partial charge in [-0.2, -0.15) is 0 Å². The van der Waals surface area contributed by atoms with Gasteiger partial charge in [0.2, 0.25) is 0 Å². The fourth-order valence-corrected chi connectivity index (χ4v) is 2.84. The monoisotopic (exact) mass is 288 g/mol. The summed E-state index contributed by atoms with van der Waals surface area (Å²) in [6.07, 6.45) is 0. The molecule has 1 aromatic heterocycles. The number of benzene rings is 1. The third-order valence-corrected chi connectivity index (χ3v) is 4.26. The van der Waals surface area contributed by atoms with Gasteiger partial charge in [-0.05, 0) is 33.0 Å². The van der Waals surface area contributed by atoms with E-state index in [0.29, 0.717) is 12.6 Å². The molecule has 1 aromatic carbocycles. The third kappa shape index (κ3) is 3.04. The van der Waals surface area contributed by atoms with Gasteiger partial charge in [-0.3, -0.25) is 4.90 Å². The van der Waals surface area contributed by atoms with Gasteiger partial charge in [-0.25, -0.2) is 4.98 Å². The van der Waals surface area contributed by atoms with E-state index >= 15 is 0 Å². The first kappa shape index (κ1) is 14.4. The minimum absolute atomic E-state index is 0.321. The summed E-state index contributed by atoms with van der Waals surface area (Å²) in [7, 11) is 2.18. The topological polar surface area (TPSA) is 44.4 Å². The quantitative estimate of drug-likeness (QED) is 0.937. The number of nitrogens with one attached hydrogen (secondary N) is 1. The van der Waals surface area contributed by atoms with Crippen molar-refractivity contribution in [3.8, 4) is 5.75 Å². The van der Waals surface area contributed by atoms with Gasteiger partial charge < -0.3 is 14.6 Å². The average Bonchev–Trinajstić information content (AvgIpc) is 2.91. The van der Waals surface area contributed by atoms with Crippen molar-refractivity contribution in [1.82, 2.24) is 19.8 Å². The van der Waals surface area contributed by atoms with Gasteiger partial charge in [0.05, 0.1) is 23.7 Å². The highest BCUT2D eigenvalue weighted by atomic mass is 16.5. The van der Waals surface area contributed by atoms with Gasteiger partial charge in [-0.1, -0.05) is 0 Å². The van der Waals surface area contributed by atoms with E-state index in [1.54, 1.807) is 0 Å². The zero-order valence-electron chi connectivity index (χ0n) is 13.1. The van der Waals surface area contributed by atoms with E-state index < -0.39 is 0 Å². The van der Waals surface area contributed by atoms with Crippen molar-refractivity contribution < 1.29 is 4.74 Å². The van der Waals surface area contributed by atoms with Crippen LogP contribution in [0.3, 0.4) is 0 Å². The van der Waals surface area contributed by atoms with Crippen LogP contribution < -0.4 is 4.74 Å². The molecule has 0 radical (unpaired) electrons. The zero-order chi connectivity index (χ0) is 14.8. The first-order valence-electron chi connectivity index (χ1n) is 7.72. The number of H-pyrrole nitrogens is 1. The standard InChI is InChI=1S/C16H24N4O/c1-4-21-13-5-6-14-15(11-13)18-16(17-14)12(2)20-9-7-19(3)8-10-20/h5-6,11-12H,4,7-10H2,1-3H3,(H,17,18). The molecule has 114 valence electrons. The van der Waals surface area contributed by atoms with E-state index in [0.717, 1.165) is 48.8 Å². The number of ether oxygens (including phenoxy) is 1. The van der Waals surface area contributed by atoms with Crippen molar-refractivity contribution in [2.24, 2.45) is 0 Å². The van der Waals surface area contributed by atoms with Crippen LogP contribution in [0.4, 0.5) is 0 Å². The summed E-state index contributed by atoms with van der Waals surface area (Å²) >= 11 is 0. The molecule has 0 amide bonds. The molecule has 1 fully saturated rings. The van der Waals surface area contributed by atoms with Gasteiger partial charge in [-0.15, -0.1) is 0 Å². The molecule has 1 saturated heterocycles. The van der Waals surface area contributed by atoms with Crippen molar-refractivity contribution >= 4 is 11.0 Å². The lowest BCUT2D eigenvalue weighted by atomic mass is 10.2. The van der Waals surface area contributed by atoms with Gasteiger partial charge in [0.25, 0.3) is 0 Å². The number of aromatic amines is 1. The number of piperazine rings is 1. The number of hydrogen-bond donors (Lipinski definition) is 1. The number of rotatable bonds is 4. The maximum absolute atomic E-state index is 5.55. The molecule has 21 heavy (non-hydrogen) atoms. The van der Waals surface area contributed by atoms with Crippen molar-refractivity contribution in [3.63, 3.8) is 0 Å². The minimum Gasteiger partial charge on any atom is -0.494 e. The summed E-state index contributed by atoms with van der Waals surface area (Å²) in [5.74, 6) is 1.94. The van der Waals surface area contributed by atoms with E-state index in [4.69, 9.17) is 9.72 Å². The van der Waals surface area contributed by atoms with E-state index in [9.17, 15) is 0 Å². The second kappa shape index (κ2) is 6.03. The van der Waals surface area contributed by atoms with Crippen LogP contribution in [0.2, 0.25) is 0 Å². The first-order valence-corrected chi connectivity index (χ1v) is 7.72. The molecule has 0 spiro atoms. The third-order valence-electron chi connectivity index (χ3n) is 4.26. The molecule has 3 rings (SSSR count). The van der Waals surface area contributed by atoms with Crippen LogP contribution in [-0.4, -0.2) is 59.6 Å². The number of aromatic nitrogens is 2. The number of likely N-dealkylation sites (N-methyl/N-ethyl adjacent to an activating group) is 1. The van der Waals surface area contributed by atoms with Crippen LogP contribution in [0.15, 0.2) is 18.2 Å². The van der Waals surface area contributed by atoms with Crippen molar-refractivity contribution in [2.75, 3.05) is 39.8 Å². The van der Waals surface area contributed by atoms with Crippen molar-refractivity contribution in [1.29, 1.82) is 0 Å². The molecule has 1 unspecified atom stereocenters. The van der Waals surface area contributed by atoms with Crippen molar-refractivity contribution in [2.45, 2.75) is 19.9 Å². The highest BCUT2D eigenvalue weighted by Gasteiger charge is 2.22. The summed E-state index contributed by atoms with van der Waals surface area (Å²) in [4.78, 5) is 13.1. The summed E-state index contributed by atoms with van der Waals surface area (Å²) in [5.41, 5.74) is 2.06. The molecular weight excluding hydrogens is 264 g/mol. The summed E-state index contributed by atoms with van der Waals surface area (Å²) in [6.45, 7) is 9.35. The summed E-state index contributed by atoms with van der Waals surface area (Å²) in [6, 6.07) is 6.36. The van der Waals surface area contributed by atoms with Gasteiger partial charge >= 0.3 is 0 Å². The Hall–Kier alpha value is -1.59. The molecule has 1 atom stereocenters. The zero-order valence-corrected chi connectivity index (χ0v) is 13.1. The molecular formula is C16H24N4O. The molecule has 1 aliphatic rings. The summed E-state index contributed by atoms with van der Waals surface area (Å²) in [5, 5.41) is 0. The molecule has 0 saturated carbocycles. The van der Waals surface area contributed by atoms with Crippen molar-refractivity contribution in [3.05, 3.63) is 24.0 Å². The van der Waals surface area contributed by atoms with Crippen LogP contribution in [0.1, 0.15) is 25.7 Å². The van der Waals surface area contributed by atoms with Crippen LogP contribution in [0, 0.1) is 0 Å². The van der Waals surface area contributed by atoms with Crippen LogP contribution in [0.25, 0.3) is 11.0 Å². The highest BCUT2D eigenvalue weighted by molar-refractivity contribution is 5.76. The van der Waals surface area contributed by atoms with E-state index in [1.807, 2.05) is 25.1 Å². The Morgan fingerprint density at radius 1 is 1.29 bits per heavy atom. The first-order chi connectivity index (χ1) is 10.2. The largest absolute Gasteiger partial charge is 0.494 e. The lowest BCUT2D eigenvalue weighted by Gasteiger charge is -2.35. The Balaban J connectivity index is 1.80. The molecule has 1 N–H and O–H groups in total. The Bertz CT molecular complexity index is 601. The molecule has 5 heteroatoms. The molecule has 2 heterocycles. The Kier molecular flexibility index (Phi) is 4.12. The van der Waals surface area contributed by atoms with Crippen LogP contribution in [0.5, 0.6) is 5.75 Å². The lowest BCUT2D eigenvalue weighted by molar-refractivity contribution is 0.116. The smallest absolute Gasteiger partial charge is 0.124 e. The minimum atomic E-state index is 0.321. The SMILES string of the molecule is CCOc1ccc2nc(C(C)N3CCN(C)CC3)[nH]c2c1. The second-order valence-electron chi connectivity index (χ2n) is 5.75. The Labute approximate surface area is 125 Å². The number of imidazole rings is 1. The fraction of sp³-hybridized carbons (Fsp3) is 0.562. The number of fused-ring (bicyclic) bond motifs is 1. The molecule has 1 aliphatic heterocycles. The van der Waals surface area contributed by atoms with E-state index in [2.05, 4.69) is 28.8 Å². The van der Waals surface area contributed by atoms with E-state index in [-0.39, 0.29) is 0 Å². The average molecular weight is 288 g/mol. The molecule has 2 aromatic rings. The van der Waals surface area contributed by atoms with Gasteiger partial charge in [0.15, 0.2) is 0 Å². The predicted octanol–water partition coefficient (Wildman–Crippen LogP) is 2.27. The van der Waals surface area contributed by atoms with Crippen LogP contribution >= 0.6 is 0 Å². The summed E-state index contributed by atoms with van der Waals surface area (Å²) < 4.78 is 5.55. The van der Waals surface area contributed by atoms with Crippen LogP contribution in [-0.2, 0) is 0 Å². The normalized spacial score (nSPS) is 19.0. The van der Waals surface area contributed by atoms with Gasteiger partial charge in [0.1, 0.15) is 11.6 Å². The maximum Gasteiger partial charge on any atom is 0.124 e. The van der Waals surface area contributed by atoms with Gasteiger partial charge in [0, 0.05) is 32.2 Å². The second-order valence-corrected chi connectivity index (χ2v) is 5.75. The molecule has 0 bridgehead atoms. The maximum atomic E-state index is 5.55. The highest BCUT2D eigenvalue weighted by Crippen LogP contribution is 2.24. The Morgan fingerprint density at radius 3 is 2.76 bits per heavy atom. The fourth-order valence-electron chi connectivity index (χ4n) is 2.84. The number of nitrogens with zero attached hydrogens (tertiary/aromatic N) is 3. The lowest BCUT2D eigenvalue weighted by Crippen LogP contribution is -2.45. The van der Waals surface area contributed by atoms with E-state index in [1.165, 1.54) is 0 Å². The molecule has 5 nitrogen and oxygen atoms in total. The Morgan fingerprint density at radius 2 is 2.05 bits per heavy atom. The predicted molar refractivity (Wildman–Crippen MR) is 84.7 cm³/mol.